The Hall–Kier alpha value is 0.610. The number of ether oxygens (including phenoxy) is 1. The minimum Gasteiger partial charge on any atom is -0.390 e. The normalized spacial score (nSPS) is 53.8. The molecule has 1 aliphatic heterocycles. The molecule has 70 valence electrons. The summed E-state index contributed by atoms with van der Waals surface area (Å²) in [5.41, 5.74) is 5.94. The van der Waals surface area contributed by atoms with Gasteiger partial charge in [-0.3, -0.25) is 0 Å². The van der Waals surface area contributed by atoms with Gasteiger partial charge in [0.15, 0.2) is 0 Å². The van der Waals surface area contributed by atoms with E-state index in [1.807, 2.05) is 0 Å². The average Bonchev–Trinajstić information content (AvgIpc) is 2.30. The molecule has 0 aromatic heterocycles. The molecule has 0 bridgehead atoms. The van der Waals surface area contributed by atoms with Gasteiger partial charge in [-0.05, 0) is 19.3 Å². The summed E-state index contributed by atoms with van der Waals surface area (Å²) in [6, 6.07) is 0. The van der Waals surface area contributed by atoms with Crippen molar-refractivity contribution < 1.29 is 9.84 Å². The maximum atomic E-state index is 9.65. The van der Waals surface area contributed by atoms with Gasteiger partial charge in [0, 0.05) is 0 Å². The first-order valence-electron chi connectivity index (χ1n) is 4.37. The quantitative estimate of drug-likeness (QED) is 0.501. The van der Waals surface area contributed by atoms with Crippen molar-refractivity contribution in [1.29, 1.82) is 0 Å². The van der Waals surface area contributed by atoms with Gasteiger partial charge in [0.2, 0.25) is 0 Å². The van der Waals surface area contributed by atoms with Crippen molar-refractivity contribution in [2.75, 3.05) is 6.61 Å². The first-order valence-corrected chi connectivity index (χ1v) is 5.62. The Labute approximate surface area is 85.8 Å². The molecule has 2 fully saturated rings. The Morgan fingerprint density at radius 2 is 2.33 bits per heavy atom. The fourth-order valence-electron chi connectivity index (χ4n) is 2.21. The van der Waals surface area contributed by atoms with E-state index in [9.17, 15) is 5.11 Å². The summed E-state index contributed by atoms with van der Waals surface area (Å²) in [7, 11) is 0. The molecule has 0 radical (unpaired) electrons. The van der Waals surface area contributed by atoms with Crippen molar-refractivity contribution in [1.82, 2.24) is 0 Å². The predicted octanol–water partition coefficient (Wildman–Crippen LogP) is 0.431. The Kier molecular flexibility index (Phi) is 2.35. The largest absolute Gasteiger partial charge is 0.390 e. The highest BCUT2D eigenvalue weighted by atomic mass is 127. The fraction of sp³-hybridized carbons (Fsp3) is 1.00. The number of halogens is 1. The van der Waals surface area contributed by atoms with Gasteiger partial charge in [0.1, 0.15) is 6.10 Å². The highest BCUT2D eigenvalue weighted by Gasteiger charge is 2.52. The standard InChI is InChI=1S/C8H14INO2/c9-6-4-12-7-5(11)2-1-3-8(6,7)10/h5-7,11H,1-4,10H2/t5-,6-,7-,8?/m1/s1. The molecular formula is C8H14INO2. The number of hydrogen-bond donors (Lipinski definition) is 2. The van der Waals surface area contributed by atoms with Crippen LogP contribution in [0.3, 0.4) is 0 Å². The summed E-state index contributed by atoms with van der Waals surface area (Å²) >= 11 is 2.33. The molecule has 0 amide bonds. The van der Waals surface area contributed by atoms with E-state index in [2.05, 4.69) is 22.6 Å². The molecule has 1 aliphatic carbocycles. The second kappa shape index (κ2) is 3.08. The lowest BCUT2D eigenvalue weighted by atomic mass is 9.78. The average molecular weight is 283 g/mol. The summed E-state index contributed by atoms with van der Waals surface area (Å²) in [6.07, 6.45) is 2.39. The summed E-state index contributed by atoms with van der Waals surface area (Å²) < 4.78 is 5.86. The smallest absolute Gasteiger partial charge is 0.102 e. The van der Waals surface area contributed by atoms with Crippen molar-refractivity contribution in [2.24, 2.45) is 5.73 Å². The zero-order chi connectivity index (χ0) is 8.77. The van der Waals surface area contributed by atoms with Crippen LogP contribution in [0.1, 0.15) is 19.3 Å². The van der Waals surface area contributed by atoms with Gasteiger partial charge in [-0.2, -0.15) is 0 Å². The van der Waals surface area contributed by atoms with Crippen molar-refractivity contribution in [3.05, 3.63) is 0 Å². The van der Waals surface area contributed by atoms with Crippen LogP contribution in [0, 0.1) is 0 Å². The monoisotopic (exact) mass is 283 g/mol. The number of alkyl halides is 1. The first kappa shape index (κ1) is 9.18. The van der Waals surface area contributed by atoms with E-state index in [1.54, 1.807) is 0 Å². The molecule has 1 unspecified atom stereocenters. The summed E-state index contributed by atoms with van der Waals surface area (Å²) in [5, 5.41) is 9.65. The van der Waals surface area contributed by atoms with E-state index < -0.39 is 0 Å². The van der Waals surface area contributed by atoms with Gasteiger partial charge in [-0.1, -0.05) is 22.6 Å². The number of nitrogens with two attached hydrogens (primary N) is 1. The molecule has 2 aliphatic rings. The van der Waals surface area contributed by atoms with Crippen LogP contribution < -0.4 is 5.73 Å². The van der Waals surface area contributed by atoms with Crippen LogP contribution in [-0.4, -0.2) is 33.4 Å². The number of aliphatic hydroxyl groups is 1. The molecule has 4 atom stereocenters. The van der Waals surface area contributed by atoms with E-state index in [-0.39, 0.29) is 17.7 Å². The van der Waals surface area contributed by atoms with Gasteiger partial charge < -0.3 is 15.6 Å². The van der Waals surface area contributed by atoms with Gasteiger partial charge in [-0.25, -0.2) is 0 Å². The number of hydrogen-bond acceptors (Lipinski definition) is 3. The van der Waals surface area contributed by atoms with Crippen LogP contribution in [0.25, 0.3) is 0 Å². The second-order valence-corrected chi connectivity index (χ2v) is 5.30. The Balaban J connectivity index is 2.20. The number of aliphatic hydroxyl groups excluding tert-OH is 1. The van der Waals surface area contributed by atoms with Gasteiger partial charge in [0.05, 0.1) is 22.2 Å². The summed E-state index contributed by atoms with van der Waals surface area (Å²) in [5.74, 6) is 0. The third-order valence-electron chi connectivity index (χ3n) is 2.99. The van der Waals surface area contributed by atoms with Crippen LogP contribution in [0.5, 0.6) is 0 Å². The minimum absolute atomic E-state index is 0.117. The Morgan fingerprint density at radius 3 is 3.00 bits per heavy atom. The van der Waals surface area contributed by atoms with Crippen molar-refractivity contribution >= 4 is 22.6 Å². The number of fused-ring (bicyclic) bond motifs is 1. The Bertz CT molecular complexity index is 190. The van der Waals surface area contributed by atoms with Crippen LogP contribution in [0.4, 0.5) is 0 Å². The maximum Gasteiger partial charge on any atom is 0.102 e. The molecule has 2 rings (SSSR count). The lowest BCUT2D eigenvalue weighted by Gasteiger charge is -2.39. The molecule has 3 N–H and O–H groups in total. The molecule has 0 aromatic carbocycles. The highest BCUT2D eigenvalue weighted by molar-refractivity contribution is 14.1. The topological polar surface area (TPSA) is 55.5 Å². The zero-order valence-electron chi connectivity index (χ0n) is 6.87. The zero-order valence-corrected chi connectivity index (χ0v) is 9.03. The molecule has 12 heavy (non-hydrogen) atoms. The first-order chi connectivity index (χ1) is 5.64. The molecule has 0 spiro atoms. The van der Waals surface area contributed by atoms with Gasteiger partial charge in [0.25, 0.3) is 0 Å². The van der Waals surface area contributed by atoms with E-state index >= 15 is 0 Å². The lowest BCUT2D eigenvalue weighted by Crippen LogP contribution is -2.59. The van der Waals surface area contributed by atoms with E-state index in [1.165, 1.54) is 0 Å². The van der Waals surface area contributed by atoms with Crippen LogP contribution in [0.15, 0.2) is 0 Å². The molecule has 1 saturated carbocycles. The lowest BCUT2D eigenvalue weighted by molar-refractivity contribution is -0.0483. The third-order valence-corrected chi connectivity index (χ3v) is 4.51. The molecule has 1 saturated heterocycles. The second-order valence-electron chi connectivity index (χ2n) is 3.79. The maximum absolute atomic E-state index is 9.65. The van der Waals surface area contributed by atoms with Crippen LogP contribution >= 0.6 is 22.6 Å². The molecule has 4 heteroatoms. The fourth-order valence-corrected chi connectivity index (χ4v) is 3.09. The minimum atomic E-state index is -0.344. The van der Waals surface area contributed by atoms with Crippen molar-refractivity contribution in [2.45, 2.75) is 40.9 Å². The molecule has 0 aromatic rings. The van der Waals surface area contributed by atoms with Gasteiger partial charge >= 0.3 is 0 Å². The summed E-state index contributed by atoms with van der Waals surface area (Å²) in [4.78, 5) is 0. The third kappa shape index (κ3) is 1.20. The van der Waals surface area contributed by atoms with Crippen molar-refractivity contribution in [3.63, 3.8) is 0 Å². The predicted molar refractivity (Wildman–Crippen MR) is 54.3 cm³/mol. The van der Waals surface area contributed by atoms with E-state index in [0.29, 0.717) is 10.5 Å². The van der Waals surface area contributed by atoms with Crippen molar-refractivity contribution in [3.8, 4) is 0 Å². The van der Waals surface area contributed by atoms with Crippen LogP contribution in [-0.2, 0) is 4.74 Å². The molecular weight excluding hydrogens is 269 g/mol. The van der Waals surface area contributed by atoms with E-state index in [0.717, 1.165) is 19.3 Å². The summed E-state index contributed by atoms with van der Waals surface area (Å²) in [6.45, 7) is 0.693. The van der Waals surface area contributed by atoms with Crippen LogP contribution in [0.2, 0.25) is 0 Å². The molecule has 1 heterocycles. The van der Waals surface area contributed by atoms with E-state index in [4.69, 9.17) is 10.5 Å². The number of rotatable bonds is 0. The molecule has 3 nitrogen and oxygen atoms in total. The van der Waals surface area contributed by atoms with Gasteiger partial charge in [-0.15, -0.1) is 0 Å². The highest BCUT2D eigenvalue weighted by Crippen LogP contribution is 2.39. The SMILES string of the molecule is NC12CCC[C@@H](O)[C@H]1OC[C@H]2I. The Morgan fingerprint density at radius 1 is 1.58 bits per heavy atom.